The molecular formula is C13H20N2O. The fourth-order valence-electron chi connectivity index (χ4n) is 2.43. The monoisotopic (exact) mass is 220 g/mol. The minimum Gasteiger partial charge on any atom is -0.497 e. The lowest BCUT2D eigenvalue weighted by atomic mass is 10.2. The van der Waals surface area contributed by atoms with Crippen molar-refractivity contribution in [3.63, 3.8) is 0 Å². The number of hydrogen-bond donors (Lipinski definition) is 1. The molecule has 1 saturated carbocycles. The van der Waals surface area contributed by atoms with Crippen molar-refractivity contribution in [2.45, 2.75) is 31.7 Å². The molecule has 0 bridgehead atoms. The molecule has 0 radical (unpaired) electrons. The zero-order valence-electron chi connectivity index (χ0n) is 10.1. The molecule has 2 N–H and O–H groups in total. The van der Waals surface area contributed by atoms with Crippen LogP contribution in [0.25, 0.3) is 0 Å². The standard InChI is InChI=1S/C13H20N2O/c1-15(11-5-3-4-6-11)12-7-10(14)8-13(9-12)16-2/h7-9,11H,3-6,14H2,1-2H3. The van der Waals surface area contributed by atoms with Gasteiger partial charge in [-0.15, -0.1) is 0 Å². The number of benzene rings is 1. The third-order valence-corrected chi connectivity index (χ3v) is 3.43. The van der Waals surface area contributed by atoms with Gasteiger partial charge in [-0.25, -0.2) is 0 Å². The third-order valence-electron chi connectivity index (χ3n) is 3.43. The van der Waals surface area contributed by atoms with Crippen LogP contribution in [0.2, 0.25) is 0 Å². The number of nitrogens with two attached hydrogens (primary N) is 1. The molecule has 0 saturated heterocycles. The maximum absolute atomic E-state index is 5.86. The molecule has 0 unspecified atom stereocenters. The van der Waals surface area contributed by atoms with Crippen LogP contribution in [0.4, 0.5) is 11.4 Å². The second-order valence-electron chi connectivity index (χ2n) is 4.51. The van der Waals surface area contributed by atoms with Crippen molar-refractivity contribution in [2.75, 3.05) is 24.8 Å². The van der Waals surface area contributed by atoms with Gasteiger partial charge in [0.2, 0.25) is 0 Å². The molecule has 0 amide bonds. The van der Waals surface area contributed by atoms with Crippen molar-refractivity contribution in [3.05, 3.63) is 18.2 Å². The SMILES string of the molecule is COc1cc(N)cc(N(C)C2CCCC2)c1. The van der Waals surface area contributed by atoms with Gasteiger partial charge in [-0.3, -0.25) is 0 Å². The summed E-state index contributed by atoms with van der Waals surface area (Å²) in [6, 6.07) is 6.58. The van der Waals surface area contributed by atoms with Crippen molar-refractivity contribution in [3.8, 4) is 5.75 Å². The smallest absolute Gasteiger partial charge is 0.122 e. The summed E-state index contributed by atoms with van der Waals surface area (Å²) in [5, 5.41) is 0. The first-order valence-corrected chi connectivity index (χ1v) is 5.88. The van der Waals surface area contributed by atoms with Crippen LogP contribution in [-0.4, -0.2) is 20.2 Å². The van der Waals surface area contributed by atoms with Gasteiger partial charge in [0.15, 0.2) is 0 Å². The molecule has 3 heteroatoms. The van der Waals surface area contributed by atoms with Crippen LogP contribution in [0.5, 0.6) is 5.75 Å². The number of nitrogens with zero attached hydrogens (tertiary/aromatic N) is 1. The second kappa shape index (κ2) is 4.64. The third kappa shape index (κ3) is 2.23. The lowest BCUT2D eigenvalue weighted by Crippen LogP contribution is -2.28. The molecule has 2 rings (SSSR count). The highest BCUT2D eigenvalue weighted by atomic mass is 16.5. The quantitative estimate of drug-likeness (QED) is 0.796. The van der Waals surface area contributed by atoms with Crippen LogP contribution < -0.4 is 15.4 Å². The highest BCUT2D eigenvalue weighted by Gasteiger charge is 2.20. The van der Waals surface area contributed by atoms with E-state index in [4.69, 9.17) is 10.5 Å². The van der Waals surface area contributed by atoms with E-state index in [-0.39, 0.29) is 0 Å². The van der Waals surface area contributed by atoms with Crippen LogP contribution in [0, 0.1) is 0 Å². The summed E-state index contributed by atoms with van der Waals surface area (Å²) in [4.78, 5) is 2.33. The zero-order valence-corrected chi connectivity index (χ0v) is 10.1. The summed E-state index contributed by atoms with van der Waals surface area (Å²) in [5.41, 5.74) is 7.78. The molecule has 1 aliphatic carbocycles. The Balaban J connectivity index is 2.21. The van der Waals surface area contributed by atoms with Crippen LogP contribution in [-0.2, 0) is 0 Å². The minimum atomic E-state index is 0.659. The van der Waals surface area contributed by atoms with E-state index >= 15 is 0 Å². The number of rotatable bonds is 3. The highest BCUT2D eigenvalue weighted by molar-refractivity contribution is 5.60. The van der Waals surface area contributed by atoms with E-state index in [1.54, 1.807) is 7.11 Å². The largest absolute Gasteiger partial charge is 0.497 e. The topological polar surface area (TPSA) is 38.5 Å². The summed E-state index contributed by atoms with van der Waals surface area (Å²) in [6.07, 6.45) is 5.25. The van der Waals surface area contributed by atoms with Crippen LogP contribution >= 0.6 is 0 Å². The lowest BCUT2D eigenvalue weighted by molar-refractivity contribution is 0.415. The fraction of sp³-hybridized carbons (Fsp3) is 0.538. The summed E-state index contributed by atoms with van der Waals surface area (Å²) in [7, 11) is 3.82. The molecule has 0 aliphatic heterocycles. The average molecular weight is 220 g/mol. The van der Waals surface area contributed by atoms with Crippen molar-refractivity contribution in [1.82, 2.24) is 0 Å². The van der Waals surface area contributed by atoms with Gasteiger partial charge in [0.1, 0.15) is 5.75 Å². The molecular weight excluding hydrogens is 200 g/mol. The Bertz CT molecular complexity index is 359. The summed E-state index contributed by atoms with van der Waals surface area (Å²) in [6.45, 7) is 0. The molecule has 0 spiro atoms. The van der Waals surface area contributed by atoms with Crippen LogP contribution in [0.3, 0.4) is 0 Å². The predicted molar refractivity (Wildman–Crippen MR) is 68.1 cm³/mol. The normalized spacial score (nSPS) is 16.4. The van der Waals surface area contributed by atoms with Crippen LogP contribution in [0.1, 0.15) is 25.7 Å². The molecule has 1 aromatic carbocycles. The summed E-state index contributed by atoms with van der Waals surface area (Å²) < 4.78 is 5.24. The van der Waals surface area contributed by atoms with E-state index in [1.807, 2.05) is 12.1 Å². The molecule has 1 aromatic rings. The van der Waals surface area contributed by atoms with Gasteiger partial charge in [0.05, 0.1) is 7.11 Å². The summed E-state index contributed by atoms with van der Waals surface area (Å²) >= 11 is 0. The molecule has 1 aliphatic rings. The number of ether oxygens (including phenoxy) is 1. The van der Waals surface area contributed by atoms with Crippen molar-refractivity contribution in [2.24, 2.45) is 0 Å². The van der Waals surface area contributed by atoms with E-state index in [1.165, 1.54) is 25.7 Å². The zero-order chi connectivity index (χ0) is 11.5. The van der Waals surface area contributed by atoms with E-state index < -0.39 is 0 Å². The van der Waals surface area contributed by atoms with Gasteiger partial charge < -0.3 is 15.4 Å². The molecule has 88 valence electrons. The van der Waals surface area contributed by atoms with E-state index in [9.17, 15) is 0 Å². The molecule has 0 heterocycles. The van der Waals surface area contributed by atoms with Gasteiger partial charge in [-0.05, 0) is 18.9 Å². The van der Waals surface area contributed by atoms with Gasteiger partial charge in [-0.2, -0.15) is 0 Å². The molecule has 0 atom stereocenters. The first-order valence-electron chi connectivity index (χ1n) is 5.88. The first kappa shape index (κ1) is 11.1. The number of hydrogen-bond acceptors (Lipinski definition) is 3. The van der Waals surface area contributed by atoms with Crippen LogP contribution in [0.15, 0.2) is 18.2 Å². The van der Waals surface area contributed by atoms with E-state index in [0.29, 0.717) is 6.04 Å². The van der Waals surface area contributed by atoms with Gasteiger partial charge in [0, 0.05) is 36.6 Å². The Morgan fingerprint density at radius 3 is 2.56 bits per heavy atom. The Morgan fingerprint density at radius 1 is 1.25 bits per heavy atom. The fourth-order valence-corrected chi connectivity index (χ4v) is 2.43. The highest BCUT2D eigenvalue weighted by Crippen LogP contribution is 2.30. The Kier molecular flexibility index (Phi) is 3.22. The Labute approximate surface area is 97.2 Å². The number of methoxy groups -OCH3 is 1. The second-order valence-corrected chi connectivity index (χ2v) is 4.51. The minimum absolute atomic E-state index is 0.659. The Hall–Kier alpha value is -1.38. The van der Waals surface area contributed by atoms with Crippen molar-refractivity contribution >= 4 is 11.4 Å². The van der Waals surface area contributed by atoms with E-state index in [0.717, 1.165) is 17.1 Å². The van der Waals surface area contributed by atoms with Crippen molar-refractivity contribution < 1.29 is 4.74 Å². The maximum atomic E-state index is 5.86. The van der Waals surface area contributed by atoms with Gasteiger partial charge in [0.25, 0.3) is 0 Å². The van der Waals surface area contributed by atoms with Gasteiger partial charge in [-0.1, -0.05) is 12.8 Å². The molecule has 0 aromatic heterocycles. The number of anilines is 2. The average Bonchev–Trinajstić information content (AvgIpc) is 2.80. The molecule has 3 nitrogen and oxygen atoms in total. The molecule has 16 heavy (non-hydrogen) atoms. The summed E-state index contributed by atoms with van der Waals surface area (Å²) in [5.74, 6) is 0.833. The lowest BCUT2D eigenvalue weighted by Gasteiger charge is -2.27. The maximum Gasteiger partial charge on any atom is 0.122 e. The van der Waals surface area contributed by atoms with Crippen molar-refractivity contribution in [1.29, 1.82) is 0 Å². The first-order chi connectivity index (χ1) is 7.70. The van der Waals surface area contributed by atoms with Gasteiger partial charge >= 0.3 is 0 Å². The predicted octanol–water partition coefficient (Wildman–Crippen LogP) is 2.66. The number of nitrogen functional groups attached to an aromatic ring is 1. The van der Waals surface area contributed by atoms with E-state index in [2.05, 4.69) is 18.0 Å². The Morgan fingerprint density at radius 2 is 1.94 bits per heavy atom. The molecule has 1 fully saturated rings.